The first-order valence-electron chi connectivity index (χ1n) is 3.70. The van der Waals surface area contributed by atoms with Crippen LogP contribution < -0.4 is 4.72 Å². The number of hydrogen-bond acceptors (Lipinski definition) is 2. The molecule has 0 aromatic heterocycles. The highest BCUT2D eigenvalue weighted by atomic mass is 35.5. The van der Waals surface area contributed by atoms with Crippen LogP contribution in [-0.2, 0) is 15.8 Å². The Morgan fingerprint density at radius 3 is 2.54 bits per heavy atom. The Morgan fingerprint density at radius 2 is 2.00 bits per heavy atom. The number of nitrogens with one attached hydrogen (secondary N) is 1. The fourth-order valence-electron chi connectivity index (χ4n) is 0.892. The van der Waals surface area contributed by atoms with E-state index in [1.165, 1.54) is 7.05 Å². The molecular formula is C8H10ClNO2S. The van der Waals surface area contributed by atoms with Crippen molar-refractivity contribution in [1.29, 1.82) is 0 Å². The van der Waals surface area contributed by atoms with E-state index < -0.39 is 10.0 Å². The Hall–Kier alpha value is -0.580. The van der Waals surface area contributed by atoms with Crippen LogP contribution in [0.2, 0.25) is 5.02 Å². The fourth-order valence-corrected chi connectivity index (χ4v) is 1.98. The number of rotatable bonds is 3. The lowest BCUT2D eigenvalue weighted by Gasteiger charge is -2.03. The SMILES string of the molecule is CNS(=O)(=O)Cc1ccccc1Cl. The predicted molar refractivity (Wildman–Crippen MR) is 53.1 cm³/mol. The Labute approximate surface area is 82.8 Å². The minimum Gasteiger partial charge on any atom is -0.218 e. The van der Waals surface area contributed by atoms with Gasteiger partial charge in [0, 0.05) is 5.02 Å². The summed E-state index contributed by atoms with van der Waals surface area (Å²) in [7, 11) is -1.85. The molecule has 1 aromatic carbocycles. The molecule has 0 aliphatic carbocycles. The third-order valence-electron chi connectivity index (χ3n) is 1.61. The van der Waals surface area contributed by atoms with Gasteiger partial charge in [-0.1, -0.05) is 29.8 Å². The Kier molecular flexibility index (Phi) is 3.30. The molecule has 0 unspecified atom stereocenters. The molecule has 0 amide bonds. The first kappa shape index (κ1) is 10.5. The van der Waals surface area contributed by atoms with E-state index in [-0.39, 0.29) is 5.75 Å². The van der Waals surface area contributed by atoms with Gasteiger partial charge in [0.25, 0.3) is 0 Å². The van der Waals surface area contributed by atoms with Gasteiger partial charge < -0.3 is 0 Å². The van der Waals surface area contributed by atoms with Gasteiger partial charge in [0.1, 0.15) is 0 Å². The first-order chi connectivity index (χ1) is 6.05. The number of sulfonamides is 1. The van der Waals surface area contributed by atoms with Crippen molar-refractivity contribution < 1.29 is 8.42 Å². The van der Waals surface area contributed by atoms with Crippen molar-refractivity contribution in [3.8, 4) is 0 Å². The summed E-state index contributed by atoms with van der Waals surface area (Å²) in [6, 6.07) is 6.88. The summed E-state index contributed by atoms with van der Waals surface area (Å²) in [6.45, 7) is 0. The summed E-state index contributed by atoms with van der Waals surface area (Å²) in [6.07, 6.45) is 0. The second kappa shape index (κ2) is 4.09. The molecule has 0 radical (unpaired) electrons. The van der Waals surface area contributed by atoms with Crippen LogP contribution in [0, 0.1) is 0 Å². The van der Waals surface area contributed by atoms with Crippen molar-refractivity contribution in [3.63, 3.8) is 0 Å². The maximum absolute atomic E-state index is 11.2. The van der Waals surface area contributed by atoms with E-state index in [9.17, 15) is 8.42 Å². The van der Waals surface area contributed by atoms with Crippen molar-refractivity contribution in [2.24, 2.45) is 0 Å². The average molecular weight is 220 g/mol. The molecule has 0 atom stereocenters. The van der Waals surface area contributed by atoms with Crippen LogP contribution in [0.15, 0.2) is 24.3 Å². The molecule has 0 saturated heterocycles. The molecule has 13 heavy (non-hydrogen) atoms. The monoisotopic (exact) mass is 219 g/mol. The third kappa shape index (κ3) is 2.99. The smallest absolute Gasteiger partial charge is 0.215 e. The van der Waals surface area contributed by atoms with Crippen molar-refractivity contribution >= 4 is 21.6 Å². The Bertz CT molecular complexity index is 389. The molecule has 0 spiro atoms. The largest absolute Gasteiger partial charge is 0.218 e. The van der Waals surface area contributed by atoms with Crippen LogP contribution in [0.4, 0.5) is 0 Å². The summed E-state index contributed by atoms with van der Waals surface area (Å²) in [5.41, 5.74) is 0.610. The van der Waals surface area contributed by atoms with Crippen LogP contribution >= 0.6 is 11.6 Å². The molecule has 0 aliphatic heterocycles. The number of hydrogen-bond donors (Lipinski definition) is 1. The van der Waals surface area contributed by atoms with Crippen LogP contribution in [-0.4, -0.2) is 15.5 Å². The normalized spacial score (nSPS) is 11.5. The Morgan fingerprint density at radius 1 is 1.38 bits per heavy atom. The number of halogens is 1. The quantitative estimate of drug-likeness (QED) is 0.835. The van der Waals surface area contributed by atoms with E-state index in [1.54, 1.807) is 24.3 Å². The second-order valence-corrected chi connectivity index (χ2v) is 4.89. The van der Waals surface area contributed by atoms with Gasteiger partial charge in [0.05, 0.1) is 5.75 Å². The minimum atomic E-state index is -3.23. The topological polar surface area (TPSA) is 46.2 Å². The van der Waals surface area contributed by atoms with E-state index >= 15 is 0 Å². The van der Waals surface area contributed by atoms with Crippen LogP contribution in [0.5, 0.6) is 0 Å². The number of benzene rings is 1. The standard InChI is InChI=1S/C8H10ClNO2S/c1-10-13(11,12)6-7-4-2-3-5-8(7)9/h2-5,10H,6H2,1H3. The van der Waals surface area contributed by atoms with Gasteiger partial charge in [-0.2, -0.15) is 0 Å². The molecule has 1 aromatic rings. The van der Waals surface area contributed by atoms with Gasteiger partial charge in [-0.05, 0) is 18.7 Å². The highest BCUT2D eigenvalue weighted by Crippen LogP contribution is 2.16. The summed E-state index contributed by atoms with van der Waals surface area (Å²) < 4.78 is 24.5. The summed E-state index contributed by atoms with van der Waals surface area (Å²) in [5.74, 6) is -0.0802. The zero-order valence-electron chi connectivity index (χ0n) is 7.12. The van der Waals surface area contributed by atoms with Crippen molar-refractivity contribution in [2.75, 3.05) is 7.05 Å². The van der Waals surface area contributed by atoms with Gasteiger partial charge in [-0.25, -0.2) is 13.1 Å². The van der Waals surface area contributed by atoms with E-state index in [4.69, 9.17) is 11.6 Å². The molecule has 1 N–H and O–H groups in total. The minimum absolute atomic E-state index is 0.0802. The van der Waals surface area contributed by atoms with Gasteiger partial charge in [0.2, 0.25) is 10.0 Å². The fraction of sp³-hybridized carbons (Fsp3) is 0.250. The van der Waals surface area contributed by atoms with Crippen molar-refractivity contribution in [2.45, 2.75) is 5.75 Å². The maximum Gasteiger partial charge on any atom is 0.215 e. The van der Waals surface area contributed by atoms with E-state index in [1.807, 2.05) is 0 Å². The molecular weight excluding hydrogens is 210 g/mol. The summed E-state index contributed by atoms with van der Waals surface area (Å²) in [5, 5.41) is 0.473. The molecule has 72 valence electrons. The van der Waals surface area contributed by atoms with E-state index in [0.29, 0.717) is 10.6 Å². The van der Waals surface area contributed by atoms with Crippen molar-refractivity contribution in [1.82, 2.24) is 4.72 Å². The van der Waals surface area contributed by atoms with Gasteiger partial charge in [-0.3, -0.25) is 0 Å². The highest BCUT2D eigenvalue weighted by Gasteiger charge is 2.10. The second-order valence-electron chi connectivity index (χ2n) is 2.55. The molecule has 0 bridgehead atoms. The third-order valence-corrected chi connectivity index (χ3v) is 3.30. The lowest BCUT2D eigenvalue weighted by atomic mass is 10.2. The zero-order valence-corrected chi connectivity index (χ0v) is 8.69. The molecule has 1 rings (SSSR count). The average Bonchev–Trinajstić information content (AvgIpc) is 2.09. The molecule has 0 aliphatic rings. The predicted octanol–water partition coefficient (Wildman–Crippen LogP) is 1.39. The Balaban J connectivity index is 2.93. The zero-order chi connectivity index (χ0) is 9.90. The highest BCUT2D eigenvalue weighted by molar-refractivity contribution is 7.88. The van der Waals surface area contributed by atoms with E-state index in [0.717, 1.165) is 0 Å². The lowest BCUT2D eigenvalue weighted by Crippen LogP contribution is -2.20. The lowest BCUT2D eigenvalue weighted by molar-refractivity contribution is 0.587. The summed E-state index contributed by atoms with van der Waals surface area (Å²) >= 11 is 5.80. The molecule has 5 heteroatoms. The van der Waals surface area contributed by atoms with Crippen LogP contribution in [0.1, 0.15) is 5.56 Å². The van der Waals surface area contributed by atoms with Gasteiger partial charge in [0.15, 0.2) is 0 Å². The summed E-state index contributed by atoms with van der Waals surface area (Å²) in [4.78, 5) is 0. The van der Waals surface area contributed by atoms with E-state index in [2.05, 4.69) is 4.72 Å². The van der Waals surface area contributed by atoms with Crippen LogP contribution in [0.25, 0.3) is 0 Å². The molecule has 0 heterocycles. The molecule has 3 nitrogen and oxygen atoms in total. The maximum atomic E-state index is 11.2. The van der Waals surface area contributed by atoms with Gasteiger partial charge >= 0.3 is 0 Å². The van der Waals surface area contributed by atoms with Crippen molar-refractivity contribution in [3.05, 3.63) is 34.9 Å². The van der Waals surface area contributed by atoms with Gasteiger partial charge in [-0.15, -0.1) is 0 Å². The molecule has 0 fully saturated rings. The first-order valence-corrected chi connectivity index (χ1v) is 5.73. The van der Waals surface area contributed by atoms with Crippen LogP contribution in [0.3, 0.4) is 0 Å². The molecule has 0 saturated carbocycles.